The molecule has 0 amide bonds. The van der Waals surface area contributed by atoms with E-state index in [1.54, 1.807) is 0 Å². The van der Waals surface area contributed by atoms with E-state index >= 15 is 0 Å². The fourth-order valence-electron chi connectivity index (χ4n) is 1.95. The Balaban J connectivity index is 3.63. The molecule has 0 spiro atoms. The van der Waals surface area contributed by atoms with Gasteiger partial charge in [-0.05, 0) is 31.6 Å². The van der Waals surface area contributed by atoms with Crippen LogP contribution in [0.1, 0.15) is 65.7 Å². The monoisotopic (exact) mass is 254 g/mol. The van der Waals surface area contributed by atoms with Crippen molar-refractivity contribution in [1.29, 1.82) is 5.26 Å². The lowest BCUT2D eigenvalue weighted by Gasteiger charge is -2.19. The molecule has 0 radical (unpaired) electrons. The Morgan fingerprint density at radius 3 is 2.50 bits per heavy atom. The van der Waals surface area contributed by atoms with E-state index in [1.807, 2.05) is 6.92 Å². The van der Waals surface area contributed by atoms with Crippen molar-refractivity contribution in [2.24, 2.45) is 11.7 Å². The van der Waals surface area contributed by atoms with Crippen LogP contribution >= 0.6 is 0 Å². The molecule has 0 bridgehead atoms. The van der Waals surface area contributed by atoms with Gasteiger partial charge in [0.2, 0.25) is 0 Å². The lowest BCUT2D eigenvalue weighted by atomic mass is 9.94. The van der Waals surface area contributed by atoms with Gasteiger partial charge in [-0.25, -0.2) is 0 Å². The van der Waals surface area contributed by atoms with Gasteiger partial charge in [0.1, 0.15) is 5.54 Å². The molecule has 2 N–H and O–H groups in total. The number of unbranched alkanes of at least 4 members (excludes halogenated alkanes) is 1. The summed E-state index contributed by atoms with van der Waals surface area (Å²) in [6.07, 6.45) is 7.31. The molecule has 0 fully saturated rings. The van der Waals surface area contributed by atoms with Crippen molar-refractivity contribution in [3.8, 4) is 6.07 Å². The molecule has 0 saturated heterocycles. The minimum absolute atomic E-state index is 0.657. The Morgan fingerprint density at radius 1 is 1.28 bits per heavy atom. The molecule has 0 aliphatic carbocycles. The van der Waals surface area contributed by atoms with Crippen molar-refractivity contribution in [2.75, 3.05) is 13.2 Å². The second kappa shape index (κ2) is 10.3. The second-order valence-electron chi connectivity index (χ2n) is 5.22. The lowest BCUT2D eigenvalue weighted by Crippen LogP contribution is -2.37. The van der Waals surface area contributed by atoms with Gasteiger partial charge in [-0.15, -0.1) is 0 Å². The Kier molecular flexibility index (Phi) is 10.0. The van der Waals surface area contributed by atoms with Crippen molar-refractivity contribution in [3.63, 3.8) is 0 Å². The van der Waals surface area contributed by atoms with Gasteiger partial charge < -0.3 is 10.5 Å². The van der Waals surface area contributed by atoms with Gasteiger partial charge in [0.05, 0.1) is 6.07 Å². The average molecular weight is 254 g/mol. The maximum atomic E-state index is 8.95. The number of rotatable bonds is 11. The fraction of sp³-hybridized carbons (Fsp3) is 0.933. The van der Waals surface area contributed by atoms with E-state index in [2.05, 4.69) is 19.9 Å². The predicted octanol–water partition coefficient (Wildman–Crippen LogP) is 3.63. The van der Waals surface area contributed by atoms with Crippen LogP contribution in [0.4, 0.5) is 0 Å². The number of hydrogen-bond donors (Lipinski definition) is 1. The smallest absolute Gasteiger partial charge is 0.104 e. The Hall–Kier alpha value is -0.590. The van der Waals surface area contributed by atoms with Crippen molar-refractivity contribution in [2.45, 2.75) is 71.3 Å². The average Bonchev–Trinajstić information content (AvgIpc) is 2.41. The first-order chi connectivity index (χ1) is 8.61. The molecule has 3 heteroatoms. The number of hydrogen-bond acceptors (Lipinski definition) is 3. The minimum Gasteiger partial charge on any atom is -0.381 e. The van der Waals surface area contributed by atoms with Crippen molar-refractivity contribution in [3.05, 3.63) is 0 Å². The molecular weight excluding hydrogens is 224 g/mol. The topological polar surface area (TPSA) is 59.0 Å². The van der Waals surface area contributed by atoms with Gasteiger partial charge in [0.25, 0.3) is 0 Å². The van der Waals surface area contributed by atoms with E-state index in [0.29, 0.717) is 12.3 Å². The standard InChI is InChI=1S/C15H30N2O/c1-4-7-9-14(5-2)12-18-11-8-10-15(17,6-3)13-16/h14H,4-12,17H2,1-3H3. The van der Waals surface area contributed by atoms with E-state index in [4.69, 9.17) is 15.7 Å². The molecule has 0 aromatic rings. The maximum Gasteiger partial charge on any atom is 0.104 e. The van der Waals surface area contributed by atoms with E-state index < -0.39 is 5.54 Å². The largest absolute Gasteiger partial charge is 0.381 e. The summed E-state index contributed by atoms with van der Waals surface area (Å²) in [5, 5.41) is 8.95. The summed E-state index contributed by atoms with van der Waals surface area (Å²) >= 11 is 0. The highest BCUT2D eigenvalue weighted by molar-refractivity contribution is 5.03. The summed E-state index contributed by atoms with van der Waals surface area (Å²) in [6.45, 7) is 7.99. The highest BCUT2D eigenvalue weighted by Gasteiger charge is 2.20. The van der Waals surface area contributed by atoms with E-state index in [1.165, 1.54) is 25.7 Å². The molecule has 2 unspecified atom stereocenters. The molecule has 0 aromatic carbocycles. The molecule has 3 nitrogen and oxygen atoms in total. The van der Waals surface area contributed by atoms with Gasteiger partial charge >= 0.3 is 0 Å². The van der Waals surface area contributed by atoms with Gasteiger partial charge in [-0.3, -0.25) is 0 Å². The summed E-state index contributed by atoms with van der Waals surface area (Å²) in [5.41, 5.74) is 5.26. The minimum atomic E-state index is -0.657. The van der Waals surface area contributed by atoms with Gasteiger partial charge in [-0.2, -0.15) is 5.26 Å². The third kappa shape index (κ3) is 7.68. The maximum absolute atomic E-state index is 8.95. The highest BCUT2D eigenvalue weighted by Crippen LogP contribution is 2.15. The van der Waals surface area contributed by atoms with Crippen LogP contribution in [-0.2, 0) is 4.74 Å². The first-order valence-corrected chi connectivity index (χ1v) is 7.39. The van der Waals surface area contributed by atoms with Gasteiger partial charge in [0, 0.05) is 13.2 Å². The predicted molar refractivity (Wildman–Crippen MR) is 76.2 cm³/mol. The quantitative estimate of drug-likeness (QED) is 0.573. The SMILES string of the molecule is CCCCC(CC)COCCCC(N)(C#N)CC. The second-order valence-corrected chi connectivity index (χ2v) is 5.22. The van der Waals surface area contributed by atoms with Gasteiger partial charge in [-0.1, -0.05) is 40.0 Å². The summed E-state index contributed by atoms with van der Waals surface area (Å²) < 4.78 is 5.70. The fourth-order valence-corrected chi connectivity index (χ4v) is 1.95. The summed E-state index contributed by atoms with van der Waals surface area (Å²) in [4.78, 5) is 0. The zero-order valence-corrected chi connectivity index (χ0v) is 12.4. The number of nitrogens with two attached hydrogens (primary N) is 1. The molecule has 0 aliphatic rings. The normalized spacial score (nSPS) is 15.9. The van der Waals surface area contributed by atoms with Crippen LogP contribution < -0.4 is 5.73 Å². The first kappa shape index (κ1) is 17.4. The van der Waals surface area contributed by atoms with Crippen LogP contribution in [0.15, 0.2) is 0 Å². The van der Waals surface area contributed by atoms with Crippen LogP contribution in [0.3, 0.4) is 0 Å². The van der Waals surface area contributed by atoms with Crippen molar-refractivity contribution in [1.82, 2.24) is 0 Å². The van der Waals surface area contributed by atoms with E-state index in [0.717, 1.165) is 26.1 Å². The Morgan fingerprint density at radius 2 is 2.00 bits per heavy atom. The molecular formula is C15H30N2O. The number of ether oxygens (including phenoxy) is 1. The third-order valence-corrected chi connectivity index (χ3v) is 3.66. The summed E-state index contributed by atoms with van der Waals surface area (Å²) in [6, 6.07) is 2.19. The van der Waals surface area contributed by atoms with Crippen LogP contribution in [0, 0.1) is 17.2 Å². The molecule has 106 valence electrons. The first-order valence-electron chi connectivity index (χ1n) is 7.39. The number of nitriles is 1. The van der Waals surface area contributed by atoms with Crippen molar-refractivity contribution >= 4 is 0 Å². The molecule has 0 heterocycles. The van der Waals surface area contributed by atoms with E-state index in [-0.39, 0.29) is 0 Å². The van der Waals surface area contributed by atoms with E-state index in [9.17, 15) is 0 Å². The molecule has 0 aromatic heterocycles. The molecule has 18 heavy (non-hydrogen) atoms. The van der Waals surface area contributed by atoms with Crippen LogP contribution in [0.25, 0.3) is 0 Å². The zero-order chi connectivity index (χ0) is 13.9. The lowest BCUT2D eigenvalue weighted by molar-refractivity contribution is 0.0888. The number of nitrogens with zero attached hydrogens (tertiary/aromatic N) is 1. The Labute approximate surface area is 113 Å². The third-order valence-electron chi connectivity index (χ3n) is 3.66. The molecule has 0 saturated carbocycles. The van der Waals surface area contributed by atoms with Gasteiger partial charge in [0.15, 0.2) is 0 Å². The highest BCUT2D eigenvalue weighted by atomic mass is 16.5. The van der Waals surface area contributed by atoms with Crippen molar-refractivity contribution < 1.29 is 4.74 Å². The van der Waals surface area contributed by atoms with Crippen LogP contribution in [-0.4, -0.2) is 18.8 Å². The zero-order valence-electron chi connectivity index (χ0n) is 12.4. The van der Waals surface area contributed by atoms with Crippen LogP contribution in [0.2, 0.25) is 0 Å². The molecule has 0 aliphatic heterocycles. The molecule has 2 atom stereocenters. The Bertz CT molecular complexity index is 237. The summed E-state index contributed by atoms with van der Waals surface area (Å²) in [7, 11) is 0. The van der Waals surface area contributed by atoms with Crippen LogP contribution in [0.5, 0.6) is 0 Å². The summed E-state index contributed by atoms with van der Waals surface area (Å²) in [5.74, 6) is 0.690. The molecule has 0 rings (SSSR count).